The molecule has 3 heterocycles. The van der Waals surface area contributed by atoms with E-state index < -0.39 is 17.4 Å². The Bertz CT molecular complexity index is 1550. The van der Waals surface area contributed by atoms with Crippen LogP contribution in [0.3, 0.4) is 0 Å². The highest BCUT2D eigenvalue weighted by Crippen LogP contribution is 2.30. The Hall–Kier alpha value is -4.58. The van der Waals surface area contributed by atoms with Crippen LogP contribution < -0.4 is 15.4 Å². The number of para-hydroxylation sites is 2. The van der Waals surface area contributed by atoms with E-state index in [1.165, 1.54) is 6.33 Å². The predicted molar refractivity (Wildman–Crippen MR) is 153 cm³/mol. The van der Waals surface area contributed by atoms with E-state index in [4.69, 9.17) is 21.1 Å². The quantitative estimate of drug-likeness (QED) is 0.244. The molecule has 0 unspecified atom stereocenters. The summed E-state index contributed by atoms with van der Waals surface area (Å²) in [6.07, 6.45) is 2.07. The first kappa shape index (κ1) is 28.0. The minimum absolute atomic E-state index is 0.0215. The van der Waals surface area contributed by atoms with Gasteiger partial charge < -0.3 is 29.7 Å². The molecule has 0 spiro atoms. The van der Waals surface area contributed by atoms with Gasteiger partial charge in [-0.25, -0.2) is 14.8 Å². The highest BCUT2D eigenvalue weighted by atomic mass is 35.5. The van der Waals surface area contributed by atoms with Gasteiger partial charge in [0.05, 0.1) is 22.4 Å². The standard InChI is InChI=1S/C28H30ClN7O5/c1-28(2,3)41-27(39)36-12-10-17(11-13-36)40-21-9-8-16(14-18(21)29)32-24(37)22-23(31-15-30-22)25(38)35-26-33-19-6-4-5-7-20(19)34-26/h4-9,14-15,17H,10-13H2,1-3H3,(H,30,31)(H,32,37)(H2,33,34,35,38). The molecule has 0 atom stereocenters. The summed E-state index contributed by atoms with van der Waals surface area (Å²) < 4.78 is 11.5. The number of nitrogens with one attached hydrogen (secondary N) is 4. The van der Waals surface area contributed by atoms with Gasteiger partial charge in [-0.3, -0.25) is 14.9 Å². The molecule has 13 heteroatoms. The second-order valence-electron chi connectivity index (χ2n) is 10.6. The number of benzene rings is 2. The minimum atomic E-state index is -0.597. The van der Waals surface area contributed by atoms with Gasteiger partial charge in [0.25, 0.3) is 11.8 Å². The number of fused-ring (bicyclic) bond motifs is 1. The Morgan fingerprint density at radius 1 is 1.05 bits per heavy atom. The molecule has 12 nitrogen and oxygen atoms in total. The van der Waals surface area contributed by atoms with Crippen LogP contribution in [-0.2, 0) is 4.74 Å². The summed E-state index contributed by atoms with van der Waals surface area (Å²) in [4.78, 5) is 53.8. The van der Waals surface area contributed by atoms with Crippen LogP contribution in [0, 0.1) is 0 Å². The fourth-order valence-electron chi connectivity index (χ4n) is 4.35. The Morgan fingerprint density at radius 3 is 2.51 bits per heavy atom. The zero-order chi connectivity index (χ0) is 29.1. The van der Waals surface area contributed by atoms with Crippen LogP contribution in [0.4, 0.5) is 16.4 Å². The van der Waals surface area contributed by atoms with Crippen molar-refractivity contribution in [3.63, 3.8) is 0 Å². The summed E-state index contributed by atoms with van der Waals surface area (Å²) in [6, 6.07) is 12.2. The van der Waals surface area contributed by atoms with Crippen molar-refractivity contribution >= 4 is 52.2 Å². The van der Waals surface area contributed by atoms with Crippen molar-refractivity contribution < 1.29 is 23.9 Å². The number of hydrogen-bond donors (Lipinski definition) is 4. The lowest BCUT2D eigenvalue weighted by molar-refractivity contribution is 0.0126. The molecule has 1 fully saturated rings. The second kappa shape index (κ2) is 11.5. The van der Waals surface area contributed by atoms with Gasteiger partial charge in [-0.15, -0.1) is 0 Å². The highest BCUT2D eigenvalue weighted by Gasteiger charge is 2.28. The lowest BCUT2D eigenvalue weighted by atomic mass is 10.1. The van der Waals surface area contributed by atoms with E-state index in [1.54, 1.807) is 23.1 Å². The Morgan fingerprint density at radius 2 is 1.80 bits per heavy atom. The summed E-state index contributed by atoms with van der Waals surface area (Å²) in [5.41, 5.74) is 1.20. The topological polar surface area (TPSA) is 154 Å². The third-order valence-corrected chi connectivity index (χ3v) is 6.58. The van der Waals surface area contributed by atoms with Crippen molar-refractivity contribution in [2.24, 2.45) is 0 Å². The zero-order valence-corrected chi connectivity index (χ0v) is 23.5. The molecule has 3 amide bonds. The molecular weight excluding hydrogens is 550 g/mol. The summed E-state index contributed by atoms with van der Waals surface area (Å²) in [5.74, 6) is -0.465. The van der Waals surface area contributed by atoms with Crippen LogP contribution in [0.5, 0.6) is 5.75 Å². The Kier molecular flexibility index (Phi) is 7.84. The number of aromatic amines is 2. The van der Waals surface area contributed by atoms with Gasteiger partial charge >= 0.3 is 6.09 Å². The summed E-state index contributed by atoms with van der Waals surface area (Å²) in [5, 5.41) is 5.66. The number of piperidine rings is 1. The van der Waals surface area contributed by atoms with Crippen LogP contribution in [-0.4, -0.2) is 67.5 Å². The van der Waals surface area contributed by atoms with Gasteiger partial charge in [-0.05, 0) is 51.1 Å². The number of aromatic nitrogens is 4. The largest absolute Gasteiger partial charge is 0.489 e. The number of imidazole rings is 2. The first-order valence-corrected chi connectivity index (χ1v) is 13.5. The maximum Gasteiger partial charge on any atom is 0.410 e. The maximum absolute atomic E-state index is 13.0. The van der Waals surface area contributed by atoms with E-state index in [0.29, 0.717) is 47.9 Å². The van der Waals surface area contributed by atoms with Crippen LogP contribution in [0.25, 0.3) is 11.0 Å². The lowest BCUT2D eigenvalue weighted by Crippen LogP contribution is -2.44. The summed E-state index contributed by atoms with van der Waals surface area (Å²) >= 11 is 6.46. The number of likely N-dealkylation sites (tertiary alicyclic amines) is 1. The lowest BCUT2D eigenvalue weighted by Gasteiger charge is -2.33. The summed E-state index contributed by atoms with van der Waals surface area (Å²) in [6.45, 7) is 6.54. The monoisotopic (exact) mass is 579 g/mol. The molecular formula is C28H30ClN7O5. The molecule has 0 saturated carbocycles. The van der Waals surface area contributed by atoms with Crippen LogP contribution >= 0.6 is 11.6 Å². The number of amides is 3. The maximum atomic E-state index is 13.0. The number of H-pyrrole nitrogens is 2. The first-order chi connectivity index (χ1) is 19.6. The molecule has 0 bridgehead atoms. The number of ether oxygens (including phenoxy) is 2. The molecule has 2 aromatic heterocycles. The molecule has 5 rings (SSSR count). The Labute approximate surface area is 240 Å². The van der Waals surface area contributed by atoms with E-state index in [0.717, 1.165) is 5.52 Å². The van der Waals surface area contributed by atoms with Gasteiger partial charge in [0, 0.05) is 31.6 Å². The highest BCUT2D eigenvalue weighted by molar-refractivity contribution is 6.32. The number of rotatable bonds is 6. The zero-order valence-electron chi connectivity index (χ0n) is 22.8. The van der Waals surface area contributed by atoms with Crippen LogP contribution in [0.1, 0.15) is 54.6 Å². The molecule has 0 aliphatic carbocycles. The van der Waals surface area contributed by atoms with Crippen molar-refractivity contribution in [2.75, 3.05) is 23.7 Å². The fourth-order valence-corrected chi connectivity index (χ4v) is 4.57. The third-order valence-electron chi connectivity index (χ3n) is 6.28. The fraction of sp³-hybridized carbons (Fsp3) is 0.321. The van der Waals surface area contributed by atoms with Crippen LogP contribution in [0.15, 0.2) is 48.8 Å². The number of hydrogen-bond acceptors (Lipinski definition) is 7. The van der Waals surface area contributed by atoms with Crippen molar-refractivity contribution in [2.45, 2.75) is 45.3 Å². The van der Waals surface area contributed by atoms with E-state index in [2.05, 4.69) is 30.6 Å². The minimum Gasteiger partial charge on any atom is -0.489 e. The Balaban J connectivity index is 1.17. The van der Waals surface area contributed by atoms with Gasteiger partial charge in [0.15, 0.2) is 5.69 Å². The van der Waals surface area contributed by atoms with E-state index in [-0.39, 0.29) is 29.5 Å². The number of carbonyl (C=O) groups is 3. The molecule has 2 aromatic carbocycles. The molecule has 0 radical (unpaired) electrons. The van der Waals surface area contributed by atoms with Gasteiger partial charge in [0.1, 0.15) is 23.1 Å². The van der Waals surface area contributed by atoms with E-state index in [9.17, 15) is 14.4 Å². The second-order valence-corrected chi connectivity index (χ2v) is 11.0. The number of halogens is 1. The molecule has 4 aromatic rings. The number of carbonyl (C=O) groups excluding carboxylic acids is 3. The molecule has 1 saturated heterocycles. The SMILES string of the molecule is CC(C)(C)OC(=O)N1CCC(Oc2ccc(NC(=O)c3nc[nH]c3C(=O)Nc3nc4ccccc4[nH]3)cc2Cl)CC1. The predicted octanol–water partition coefficient (Wildman–Crippen LogP) is 5.22. The van der Waals surface area contributed by atoms with Crippen molar-refractivity contribution in [1.29, 1.82) is 0 Å². The summed E-state index contributed by atoms with van der Waals surface area (Å²) in [7, 11) is 0. The average molecular weight is 580 g/mol. The smallest absolute Gasteiger partial charge is 0.410 e. The normalized spacial score (nSPS) is 14.1. The molecule has 214 valence electrons. The first-order valence-electron chi connectivity index (χ1n) is 13.1. The van der Waals surface area contributed by atoms with Gasteiger partial charge in [-0.2, -0.15) is 0 Å². The number of anilines is 2. The van der Waals surface area contributed by atoms with Crippen molar-refractivity contribution in [1.82, 2.24) is 24.8 Å². The molecule has 1 aliphatic rings. The molecule has 41 heavy (non-hydrogen) atoms. The van der Waals surface area contributed by atoms with E-state index >= 15 is 0 Å². The van der Waals surface area contributed by atoms with E-state index in [1.807, 2.05) is 45.0 Å². The van der Waals surface area contributed by atoms with Gasteiger partial charge in [-0.1, -0.05) is 23.7 Å². The van der Waals surface area contributed by atoms with Gasteiger partial charge in [0.2, 0.25) is 5.95 Å². The van der Waals surface area contributed by atoms with Crippen molar-refractivity contribution in [3.8, 4) is 5.75 Å². The number of nitrogens with zero attached hydrogens (tertiary/aromatic N) is 3. The molecule has 1 aliphatic heterocycles. The molecule has 4 N–H and O–H groups in total. The third kappa shape index (κ3) is 6.77. The van der Waals surface area contributed by atoms with Crippen molar-refractivity contribution in [3.05, 3.63) is 65.2 Å². The average Bonchev–Trinajstić information content (AvgIpc) is 3.57. The van der Waals surface area contributed by atoms with Crippen LogP contribution in [0.2, 0.25) is 5.02 Å².